The average molecular weight is 203 g/mol. The van der Waals surface area contributed by atoms with Gasteiger partial charge in [0.25, 0.3) is 0 Å². The molecule has 0 saturated heterocycles. The van der Waals surface area contributed by atoms with E-state index >= 15 is 0 Å². The molecule has 1 aliphatic heterocycles. The first-order valence-corrected chi connectivity index (χ1v) is 5.03. The number of carbonyl (C=O) groups is 1. The molecular formula is C12H13NO2. The minimum atomic E-state index is -0.319. The monoisotopic (exact) mass is 203 g/mol. The summed E-state index contributed by atoms with van der Waals surface area (Å²) in [7, 11) is 0. The predicted molar refractivity (Wildman–Crippen MR) is 58.8 cm³/mol. The van der Waals surface area contributed by atoms with Gasteiger partial charge in [-0.1, -0.05) is 24.3 Å². The number of rotatable bonds is 1. The minimum absolute atomic E-state index is 0.319. The maximum Gasteiger partial charge on any atom is 0.418 e. The number of allylic oxidation sites excluding steroid dienone is 1. The molecule has 1 aromatic carbocycles. The molecule has 0 spiro atoms. The molecule has 3 heteroatoms. The van der Waals surface area contributed by atoms with Gasteiger partial charge in [0.1, 0.15) is 0 Å². The van der Waals surface area contributed by atoms with E-state index in [-0.39, 0.29) is 6.09 Å². The van der Waals surface area contributed by atoms with E-state index < -0.39 is 0 Å². The number of hydrogen-bond donors (Lipinski definition) is 0. The van der Waals surface area contributed by atoms with E-state index in [4.69, 9.17) is 4.74 Å². The summed E-state index contributed by atoms with van der Waals surface area (Å²) >= 11 is 0. The molecule has 0 unspecified atom stereocenters. The Kier molecular flexibility index (Phi) is 2.72. The molecule has 0 atom stereocenters. The van der Waals surface area contributed by atoms with Crippen molar-refractivity contribution in [3.63, 3.8) is 0 Å². The van der Waals surface area contributed by atoms with Gasteiger partial charge in [-0.3, -0.25) is 4.90 Å². The number of nitrogens with zero attached hydrogens (tertiary/aromatic N) is 1. The van der Waals surface area contributed by atoms with Crippen molar-refractivity contribution in [1.29, 1.82) is 0 Å². The Hall–Kier alpha value is -1.77. The lowest BCUT2D eigenvalue weighted by Crippen LogP contribution is -2.28. The van der Waals surface area contributed by atoms with Crippen molar-refractivity contribution < 1.29 is 9.53 Å². The molecule has 0 N–H and O–H groups in total. The number of benzene rings is 1. The molecule has 0 fully saturated rings. The third-order valence-electron chi connectivity index (χ3n) is 2.31. The van der Waals surface area contributed by atoms with Crippen molar-refractivity contribution in [2.45, 2.75) is 13.3 Å². The molecule has 1 amide bonds. The number of anilines is 1. The highest BCUT2D eigenvalue weighted by atomic mass is 16.6. The van der Waals surface area contributed by atoms with Crippen LogP contribution in [0.3, 0.4) is 0 Å². The molecule has 0 aliphatic carbocycles. The summed E-state index contributed by atoms with van der Waals surface area (Å²) in [5.74, 6) is 0. The van der Waals surface area contributed by atoms with Crippen LogP contribution in [0.5, 0.6) is 0 Å². The van der Waals surface area contributed by atoms with Crippen molar-refractivity contribution in [2.24, 2.45) is 0 Å². The van der Waals surface area contributed by atoms with Crippen molar-refractivity contribution in [3.05, 3.63) is 42.1 Å². The molecule has 1 aromatic rings. The summed E-state index contributed by atoms with van der Waals surface area (Å²) < 4.78 is 4.97. The Morgan fingerprint density at radius 3 is 3.07 bits per heavy atom. The van der Waals surface area contributed by atoms with E-state index in [0.29, 0.717) is 6.61 Å². The largest absolute Gasteiger partial charge is 0.449 e. The fourth-order valence-corrected chi connectivity index (χ4v) is 1.64. The minimum Gasteiger partial charge on any atom is -0.449 e. The van der Waals surface area contributed by atoms with Crippen LogP contribution in [0.25, 0.3) is 0 Å². The number of hydrogen-bond acceptors (Lipinski definition) is 2. The highest BCUT2D eigenvalue weighted by Crippen LogP contribution is 2.25. The quantitative estimate of drug-likeness (QED) is 0.702. The van der Waals surface area contributed by atoms with E-state index in [1.807, 2.05) is 30.3 Å². The number of fused-ring (bicyclic) bond motifs is 1. The zero-order valence-corrected chi connectivity index (χ0v) is 8.64. The molecule has 0 bridgehead atoms. The summed E-state index contributed by atoms with van der Waals surface area (Å²) in [5.41, 5.74) is 2.06. The summed E-state index contributed by atoms with van der Waals surface area (Å²) in [4.78, 5) is 13.2. The van der Waals surface area contributed by atoms with Gasteiger partial charge in [0.15, 0.2) is 0 Å². The van der Waals surface area contributed by atoms with Crippen LogP contribution in [0.15, 0.2) is 36.5 Å². The first-order valence-electron chi connectivity index (χ1n) is 5.03. The third-order valence-corrected chi connectivity index (χ3v) is 2.31. The highest BCUT2D eigenvalue weighted by Gasteiger charge is 2.19. The molecule has 0 radical (unpaired) electrons. The molecule has 1 aliphatic rings. The second-order valence-corrected chi connectivity index (χ2v) is 3.29. The Morgan fingerprint density at radius 1 is 1.47 bits per heavy atom. The normalized spacial score (nSPS) is 13.5. The van der Waals surface area contributed by atoms with E-state index in [1.165, 1.54) is 0 Å². The lowest BCUT2D eigenvalue weighted by Gasteiger charge is -2.23. The fourth-order valence-electron chi connectivity index (χ4n) is 1.64. The van der Waals surface area contributed by atoms with Gasteiger partial charge in [-0.15, -0.1) is 0 Å². The first-order chi connectivity index (χ1) is 7.33. The average Bonchev–Trinajstić information content (AvgIpc) is 2.28. The van der Waals surface area contributed by atoms with E-state index in [0.717, 1.165) is 17.7 Å². The molecule has 0 aromatic heterocycles. The fraction of sp³-hybridized carbons (Fsp3) is 0.250. The molecular weight excluding hydrogens is 190 g/mol. The Bertz CT molecular complexity index is 398. The maximum atomic E-state index is 11.6. The Morgan fingerprint density at radius 2 is 2.27 bits per heavy atom. The summed E-state index contributed by atoms with van der Waals surface area (Å²) in [6.07, 6.45) is 4.27. The van der Waals surface area contributed by atoms with Gasteiger partial charge >= 0.3 is 6.09 Å². The van der Waals surface area contributed by atoms with E-state index in [2.05, 4.69) is 0 Å². The Balaban J connectivity index is 2.30. The second-order valence-electron chi connectivity index (χ2n) is 3.29. The van der Waals surface area contributed by atoms with Gasteiger partial charge in [-0.05, 0) is 25.0 Å². The molecule has 0 saturated carbocycles. The van der Waals surface area contributed by atoms with Gasteiger partial charge in [0.05, 0.1) is 12.3 Å². The van der Waals surface area contributed by atoms with Crippen LogP contribution >= 0.6 is 0 Å². The summed E-state index contributed by atoms with van der Waals surface area (Å²) in [5, 5.41) is 0. The van der Waals surface area contributed by atoms with E-state index in [9.17, 15) is 4.79 Å². The van der Waals surface area contributed by atoms with Gasteiger partial charge in [0, 0.05) is 6.20 Å². The van der Waals surface area contributed by atoms with Crippen LogP contribution in [0.1, 0.15) is 12.5 Å². The smallest absolute Gasteiger partial charge is 0.418 e. The Labute approximate surface area is 89.0 Å². The zero-order chi connectivity index (χ0) is 10.7. The maximum absolute atomic E-state index is 11.6. The predicted octanol–water partition coefficient (Wildman–Crippen LogP) is 2.72. The molecule has 3 nitrogen and oxygen atoms in total. The van der Waals surface area contributed by atoms with Crippen LogP contribution in [0, 0.1) is 0 Å². The van der Waals surface area contributed by atoms with Crippen LogP contribution in [0.2, 0.25) is 0 Å². The summed E-state index contributed by atoms with van der Waals surface area (Å²) in [6.45, 7) is 2.20. The lowest BCUT2D eigenvalue weighted by molar-refractivity contribution is 0.162. The lowest BCUT2D eigenvalue weighted by atomic mass is 10.1. The topological polar surface area (TPSA) is 29.5 Å². The van der Waals surface area contributed by atoms with Crippen LogP contribution in [-0.2, 0) is 11.2 Å². The van der Waals surface area contributed by atoms with Gasteiger partial charge in [0.2, 0.25) is 0 Å². The van der Waals surface area contributed by atoms with E-state index in [1.54, 1.807) is 18.0 Å². The highest BCUT2D eigenvalue weighted by molar-refractivity contribution is 5.91. The van der Waals surface area contributed by atoms with Gasteiger partial charge < -0.3 is 4.74 Å². The molecule has 2 rings (SSSR count). The second kappa shape index (κ2) is 4.17. The first kappa shape index (κ1) is 9.77. The zero-order valence-electron chi connectivity index (χ0n) is 8.64. The number of para-hydroxylation sites is 1. The van der Waals surface area contributed by atoms with Crippen molar-refractivity contribution in [1.82, 2.24) is 0 Å². The number of amides is 1. The SMILES string of the molecule is CCOC(=O)N1C=CCc2ccccc21. The van der Waals surface area contributed by atoms with Crippen molar-refractivity contribution >= 4 is 11.8 Å². The molecule has 1 heterocycles. The van der Waals surface area contributed by atoms with Gasteiger partial charge in [-0.25, -0.2) is 4.79 Å². The van der Waals surface area contributed by atoms with Crippen LogP contribution < -0.4 is 4.90 Å². The van der Waals surface area contributed by atoms with Gasteiger partial charge in [-0.2, -0.15) is 0 Å². The standard InChI is InChI=1S/C12H13NO2/c1-2-15-12(14)13-9-5-7-10-6-3-4-8-11(10)13/h3-6,8-9H,2,7H2,1H3. The van der Waals surface area contributed by atoms with Crippen molar-refractivity contribution in [3.8, 4) is 0 Å². The third kappa shape index (κ3) is 1.86. The number of carbonyl (C=O) groups excluding carboxylic acids is 1. The molecule has 15 heavy (non-hydrogen) atoms. The summed E-state index contributed by atoms with van der Waals surface area (Å²) in [6, 6.07) is 7.84. The molecule has 78 valence electrons. The van der Waals surface area contributed by atoms with Crippen molar-refractivity contribution in [2.75, 3.05) is 11.5 Å². The van der Waals surface area contributed by atoms with Crippen LogP contribution in [0.4, 0.5) is 10.5 Å². The van der Waals surface area contributed by atoms with Crippen LogP contribution in [-0.4, -0.2) is 12.7 Å². The number of ether oxygens (including phenoxy) is 1.